The summed E-state index contributed by atoms with van der Waals surface area (Å²) in [4.78, 5) is 10.9. The van der Waals surface area contributed by atoms with Crippen LogP contribution in [0.5, 0.6) is 11.5 Å². The number of rotatable bonds is 1. The second-order valence-electron chi connectivity index (χ2n) is 6.02. The van der Waals surface area contributed by atoms with Crippen LogP contribution in [0, 0.1) is 13.8 Å². The molecule has 1 unspecified atom stereocenters. The Balaban J connectivity index is 0.000000261. The van der Waals surface area contributed by atoms with Crippen molar-refractivity contribution in [3.8, 4) is 11.5 Å². The van der Waals surface area contributed by atoms with E-state index in [0.29, 0.717) is 15.6 Å². The Morgan fingerprint density at radius 3 is 2.18 bits per heavy atom. The minimum Gasteiger partial charge on any atom is -0.508 e. The molecular formula is C19H15Cl2F3O4. The molecule has 0 aliphatic carbocycles. The van der Waals surface area contributed by atoms with Gasteiger partial charge >= 0.3 is 12.1 Å². The van der Waals surface area contributed by atoms with Crippen molar-refractivity contribution in [1.82, 2.24) is 0 Å². The Morgan fingerprint density at radius 2 is 1.68 bits per heavy atom. The van der Waals surface area contributed by atoms with Crippen molar-refractivity contribution in [2.75, 3.05) is 0 Å². The molecule has 0 saturated heterocycles. The molecule has 1 aliphatic heterocycles. The average Bonchev–Trinajstić information content (AvgIpc) is 2.58. The van der Waals surface area contributed by atoms with Crippen LogP contribution in [-0.2, 0) is 4.79 Å². The number of aryl methyl sites for hydroxylation is 2. The van der Waals surface area contributed by atoms with Crippen molar-refractivity contribution in [3.63, 3.8) is 0 Å². The van der Waals surface area contributed by atoms with E-state index in [9.17, 15) is 18.0 Å². The summed E-state index contributed by atoms with van der Waals surface area (Å²) in [6.45, 7) is 3.47. The summed E-state index contributed by atoms with van der Waals surface area (Å²) >= 11 is 11.5. The van der Waals surface area contributed by atoms with Crippen LogP contribution in [0.1, 0.15) is 16.7 Å². The van der Waals surface area contributed by atoms with Crippen LogP contribution in [0.2, 0.25) is 10.0 Å². The zero-order valence-corrected chi connectivity index (χ0v) is 16.2. The highest BCUT2D eigenvalue weighted by atomic mass is 35.5. The Morgan fingerprint density at radius 1 is 1.07 bits per heavy atom. The fourth-order valence-electron chi connectivity index (χ4n) is 2.36. The summed E-state index contributed by atoms with van der Waals surface area (Å²) in [5.74, 6) is -1.45. The lowest BCUT2D eigenvalue weighted by Crippen LogP contribution is -2.40. The van der Waals surface area contributed by atoms with Crippen LogP contribution in [0.25, 0.3) is 6.08 Å². The Hall–Kier alpha value is -2.38. The molecule has 28 heavy (non-hydrogen) atoms. The molecule has 1 heterocycles. The lowest BCUT2D eigenvalue weighted by atomic mass is 10.00. The number of benzene rings is 2. The van der Waals surface area contributed by atoms with Gasteiger partial charge in [0.2, 0.25) is 6.10 Å². The monoisotopic (exact) mass is 434 g/mol. The largest absolute Gasteiger partial charge is 0.508 e. The van der Waals surface area contributed by atoms with E-state index >= 15 is 0 Å². The predicted octanol–water partition coefficient (Wildman–Crippen LogP) is 5.79. The lowest BCUT2D eigenvalue weighted by molar-refractivity contribution is -0.187. The van der Waals surface area contributed by atoms with Gasteiger partial charge in [0.25, 0.3) is 0 Å². The molecule has 1 aliphatic rings. The van der Waals surface area contributed by atoms with E-state index in [-0.39, 0.29) is 17.1 Å². The molecule has 9 heteroatoms. The molecule has 0 spiro atoms. The van der Waals surface area contributed by atoms with Gasteiger partial charge in [0.15, 0.2) is 0 Å². The van der Waals surface area contributed by atoms with Gasteiger partial charge in [0, 0.05) is 15.6 Å². The second kappa shape index (κ2) is 8.32. The van der Waals surface area contributed by atoms with Crippen LogP contribution in [-0.4, -0.2) is 28.5 Å². The molecule has 0 radical (unpaired) electrons. The van der Waals surface area contributed by atoms with E-state index in [1.807, 2.05) is 6.92 Å². The van der Waals surface area contributed by atoms with Crippen molar-refractivity contribution in [3.05, 3.63) is 62.6 Å². The first-order valence-corrected chi connectivity index (χ1v) is 8.59. The zero-order valence-electron chi connectivity index (χ0n) is 14.6. The van der Waals surface area contributed by atoms with Gasteiger partial charge in [0.05, 0.1) is 5.57 Å². The van der Waals surface area contributed by atoms with Crippen molar-refractivity contribution in [2.45, 2.75) is 26.1 Å². The number of phenolic OH excluding ortho intramolecular Hbond substituents is 1. The SMILES string of the molecule is Cc1cc(O)ccc1Cl.Cc1cc2c(cc1Cl)C=C(C(=O)O)C(C(F)(F)F)O2. The number of carboxylic acid groups (broad SMARTS) is 1. The van der Waals surface area contributed by atoms with Crippen molar-refractivity contribution in [2.24, 2.45) is 0 Å². The van der Waals surface area contributed by atoms with Crippen LogP contribution in [0.3, 0.4) is 0 Å². The van der Waals surface area contributed by atoms with Gasteiger partial charge in [-0.1, -0.05) is 23.2 Å². The zero-order chi connectivity index (χ0) is 21.2. The van der Waals surface area contributed by atoms with Crippen LogP contribution in [0.4, 0.5) is 13.2 Å². The average molecular weight is 435 g/mol. The number of carboxylic acids is 1. The van der Waals surface area contributed by atoms with Gasteiger partial charge in [-0.05, 0) is 61.4 Å². The van der Waals surface area contributed by atoms with Crippen molar-refractivity contribution < 1.29 is 32.9 Å². The van der Waals surface area contributed by atoms with Crippen molar-refractivity contribution in [1.29, 1.82) is 0 Å². The number of aromatic hydroxyl groups is 1. The molecule has 0 bridgehead atoms. The fourth-order valence-corrected chi connectivity index (χ4v) is 2.65. The summed E-state index contributed by atoms with van der Waals surface area (Å²) in [6.07, 6.45) is -6.34. The Kier molecular flexibility index (Phi) is 6.52. The van der Waals surface area contributed by atoms with E-state index < -0.39 is 23.8 Å². The number of phenols is 1. The second-order valence-corrected chi connectivity index (χ2v) is 6.83. The molecule has 150 valence electrons. The first-order valence-electron chi connectivity index (χ1n) is 7.83. The molecule has 3 rings (SSSR count). The number of carbonyl (C=O) groups is 1. The maximum atomic E-state index is 12.8. The summed E-state index contributed by atoms with van der Waals surface area (Å²) in [7, 11) is 0. The molecular weight excluding hydrogens is 420 g/mol. The maximum Gasteiger partial charge on any atom is 0.430 e. The quantitative estimate of drug-likeness (QED) is 0.595. The number of fused-ring (bicyclic) bond motifs is 1. The van der Waals surface area contributed by atoms with Crippen LogP contribution in [0.15, 0.2) is 35.9 Å². The van der Waals surface area contributed by atoms with Crippen LogP contribution >= 0.6 is 23.2 Å². The highest BCUT2D eigenvalue weighted by Gasteiger charge is 2.48. The van der Waals surface area contributed by atoms with E-state index in [4.69, 9.17) is 38.2 Å². The van der Waals surface area contributed by atoms with Gasteiger partial charge in [-0.3, -0.25) is 0 Å². The number of alkyl halides is 3. The van der Waals surface area contributed by atoms with Gasteiger partial charge in [0.1, 0.15) is 11.5 Å². The van der Waals surface area contributed by atoms with E-state index in [1.165, 1.54) is 12.1 Å². The fraction of sp³-hybridized carbons (Fsp3) is 0.211. The lowest BCUT2D eigenvalue weighted by Gasteiger charge is -2.27. The first kappa shape index (κ1) is 21.9. The standard InChI is InChI=1S/C12H8ClF3O3.C7H7ClO/c1-5-2-9-6(4-8(5)13)3-7(11(17)18)10(19-9)12(14,15)16;1-5-4-6(9)2-3-7(5)8/h2-4,10H,1H3,(H,17,18);2-4,9H,1H3. The van der Waals surface area contributed by atoms with E-state index in [2.05, 4.69) is 0 Å². The summed E-state index contributed by atoms with van der Waals surface area (Å²) in [5, 5.41) is 18.7. The smallest absolute Gasteiger partial charge is 0.430 e. The van der Waals surface area contributed by atoms with Crippen LogP contribution < -0.4 is 4.74 Å². The Labute approximate surface area is 168 Å². The third-order valence-corrected chi connectivity index (χ3v) is 4.65. The van der Waals surface area contributed by atoms with Gasteiger partial charge < -0.3 is 14.9 Å². The molecule has 4 nitrogen and oxygen atoms in total. The highest BCUT2D eigenvalue weighted by molar-refractivity contribution is 6.31. The maximum absolute atomic E-state index is 12.8. The molecule has 1 atom stereocenters. The first-order chi connectivity index (χ1) is 12.9. The minimum absolute atomic E-state index is 0.0331. The third-order valence-electron chi connectivity index (χ3n) is 3.82. The molecule has 2 aromatic carbocycles. The molecule has 2 N–H and O–H groups in total. The van der Waals surface area contributed by atoms with Gasteiger partial charge in [-0.25, -0.2) is 4.79 Å². The molecule has 0 saturated carbocycles. The number of aliphatic carboxylic acids is 1. The molecule has 0 fully saturated rings. The topological polar surface area (TPSA) is 66.8 Å². The summed E-state index contributed by atoms with van der Waals surface area (Å²) in [6, 6.07) is 7.59. The normalized spacial score (nSPS) is 15.5. The molecule has 2 aromatic rings. The number of hydrogen-bond acceptors (Lipinski definition) is 3. The minimum atomic E-state index is -4.80. The van der Waals surface area contributed by atoms with Gasteiger partial charge in [-0.2, -0.15) is 13.2 Å². The van der Waals surface area contributed by atoms with E-state index in [0.717, 1.165) is 11.6 Å². The number of halogens is 5. The summed E-state index contributed by atoms with van der Waals surface area (Å²) in [5.41, 5.74) is 0.804. The highest BCUT2D eigenvalue weighted by Crippen LogP contribution is 2.39. The number of hydrogen-bond donors (Lipinski definition) is 2. The van der Waals surface area contributed by atoms with Gasteiger partial charge in [-0.15, -0.1) is 0 Å². The third kappa shape index (κ3) is 5.11. The van der Waals surface area contributed by atoms with E-state index in [1.54, 1.807) is 25.1 Å². The molecule has 0 amide bonds. The Bertz CT molecular complexity index is 940. The van der Waals surface area contributed by atoms with Crippen molar-refractivity contribution >= 4 is 35.2 Å². The predicted molar refractivity (Wildman–Crippen MR) is 100 cm³/mol. The summed E-state index contributed by atoms with van der Waals surface area (Å²) < 4.78 is 43.1. The number of ether oxygens (including phenoxy) is 1. The molecule has 0 aromatic heterocycles.